The van der Waals surface area contributed by atoms with Crippen molar-refractivity contribution in [2.75, 3.05) is 0 Å². The van der Waals surface area contributed by atoms with Crippen LogP contribution in [0.4, 0.5) is 0 Å². The van der Waals surface area contributed by atoms with Crippen LogP contribution in [0, 0.1) is 6.92 Å². The van der Waals surface area contributed by atoms with E-state index < -0.39 is 11.8 Å². The Hall–Kier alpha value is -1.53. The molecule has 6 heteroatoms. The van der Waals surface area contributed by atoms with E-state index in [1.807, 2.05) is 19.1 Å². The maximum Gasteiger partial charge on any atom is 0.263 e. The van der Waals surface area contributed by atoms with Crippen LogP contribution in [-0.4, -0.2) is 16.9 Å². The zero-order valence-electron chi connectivity index (χ0n) is 8.37. The van der Waals surface area contributed by atoms with E-state index in [0.29, 0.717) is 0 Å². The van der Waals surface area contributed by atoms with Crippen molar-refractivity contribution in [2.24, 2.45) is 0 Å². The number of thiophene rings is 1. The van der Waals surface area contributed by atoms with Crippen LogP contribution in [0.25, 0.3) is 6.08 Å². The van der Waals surface area contributed by atoms with E-state index in [1.165, 1.54) is 11.3 Å². The largest absolute Gasteiger partial charge is 0.299 e. The van der Waals surface area contributed by atoms with Crippen molar-refractivity contribution in [1.82, 2.24) is 10.6 Å². The Labute approximate surface area is 101 Å². The molecule has 0 spiro atoms. The van der Waals surface area contributed by atoms with Crippen LogP contribution in [0.1, 0.15) is 9.75 Å². The summed E-state index contributed by atoms with van der Waals surface area (Å²) in [7, 11) is 0. The normalized spacial score (nSPS) is 15.8. The first-order chi connectivity index (χ1) is 7.56. The maximum absolute atomic E-state index is 11.5. The molecule has 4 nitrogen and oxygen atoms in total. The summed E-state index contributed by atoms with van der Waals surface area (Å²) >= 11 is 6.21. The van der Waals surface area contributed by atoms with Crippen molar-refractivity contribution < 1.29 is 9.59 Å². The smallest absolute Gasteiger partial charge is 0.263 e. The fourth-order valence-electron chi connectivity index (χ4n) is 1.28. The number of hydrogen-bond donors (Lipinski definition) is 2. The molecular weight excluding hydrogens is 244 g/mol. The molecule has 1 aromatic heterocycles. The van der Waals surface area contributed by atoms with Gasteiger partial charge in [0.1, 0.15) is 5.57 Å². The van der Waals surface area contributed by atoms with E-state index in [4.69, 9.17) is 12.2 Å². The van der Waals surface area contributed by atoms with Gasteiger partial charge >= 0.3 is 0 Å². The monoisotopic (exact) mass is 252 g/mol. The molecule has 0 radical (unpaired) electrons. The molecule has 2 rings (SSSR count). The highest BCUT2D eigenvalue weighted by atomic mass is 32.1. The summed E-state index contributed by atoms with van der Waals surface area (Å²) < 4.78 is 0. The summed E-state index contributed by atoms with van der Waals surface area (Å²) in [6.45, 7) is 1.96. The van der Waals surface area contributed by atoms with Crippen molar-refractivity contribution in [3.63, 3.8) is 0 Å². The number of nitrogens with one attached hydrogen (secondary N) is 2. The Kier molecular flexibility index (Phi) is 2.84. The van der Waals surface area contributed by atoms with Gasteiger partial charge in [-0.25, -0.2) is 0 Å². The lowest BCUT2D eigenvalue weighted by atomic mass is 10.2. The fraction of sp³-hybridized carbons (Fsp3) is 0.100. The molecule has 82 valence electrons. The number of rotatable bonds is 1. The third-order valence-corrected chi connectivity index (χ3v) is 3.14. The van der Waals surface area contributed by atoms with Gasteiger partial charge in [0.05, 0.1) is 0 Å². The average Bonchev–Trinajstić information content (AvgIpc) is 2.58. The summed E-state index contributed by atoms with van der Waals surface area (Å²) in [5, 5.41) is 4.82. The Morgan fingerprint density at radius 3 is 2.38 bits per heavy atom. The predicted octanol–water partition coefficient (Wildman–Crippen LogP) is 0.971. The number of carbonyl (C=O) groups is 2. The van der Waals surface area contributed by atoms with Crippen LogP contribution in [0.5, 0.6) is 0 Å². The van der Waals surface area contributed by atoms with Crippen molar-refractivity contribution in [2.45, 2.75) is 6.92 Å². The Bertz CT molecular complexity index is 495. The van der Waals surface area contributed by atoms with Crippen LogP contribution in [0.15, 0.2) is 17.7 Å². The minimum Gasteiger partial charge on any atom is -0.299 e. The van der Waals surface area contributed by atoms with E-state index in [9.17, 15) is 9.59 Å². The molecule has 1 saturated heterocycles. The van der Waals surface area contributed by atoms with Crippen LogP contribution in [-0.2, 0) is 9.59 Å². The lowest BCUT2D eigenvalue weighted by Crippen LogP contribution is -2.51. The Morgan fingerprint density at radius 2 is 1.88 bits per heavy atom. The van der Waals surface area contributed by atoms with Crippen molar-refractivity contribution >= 4 is 46.6 Å². The van der Waals surface area contributed by atoms with E-state index in [1.54, 1.807) is 6.08 Å². The first kappa shape index (κ1) is 11.0. The van der Waals surface area contributed by atoms with E-state index in [0.717, 1.165) is 9.75 Å². The lowest BCUT2D eigenvalue weighted by Gasteiger charge is -2.15. The van der Waals surface area contributed by atoms with Crippen molar-refractivity contribution in [3.05, 3.63) is 27.5 Å². The zero-order valence-corrected chi connectivity index (χ0v) is 10.00. The van der Waals surface area contributed by atoms with E-state index in [-0.39, 0.29) is 10.7 Å². The average molecular weight is 252 g/mol. The molecule has 0 saturated carbocycles. The minimum atomic E-state index is -0.459. The number of thiocarbonyl (C=S) groups is 1. The second-order valence-electron chi connectivity index (χ2n) is 3.24. The number of aryl methyl sites for hydroxylation is 1. The van der Waals surface area contributed by atoms with Gasteiger partial charge in [-0.3, -0.25) is 20.2 Å². The van der Waals surface area contributed by atoms with Gasteiger partial charge in [0.25, 0.3) is 11.8 Å². The number of hydrogen-bond acceptors (Lipinski definition) is 4. The second-order valence-corrected chi connectivity index (χ2v) is 4.97. The predicted molar refractivity (Wildman–Crippen MR) is 65.9 cm³/mol. The molecule has 0 unspecified atom stereocenters. The third kappa shape index (κ3) is 2.17. The number of carbonyl (C=O) groups excluding carboxylic acids is 2. The SMILES string of the molecule is Cc1ccc(C=C2C(=O)NC(=S)NC2=O)s1. The Balaban J connectivity index is 2.32. The summed E-state index contributed by atoms with van der Waals surface area (Å²) in [4.78, 5) is 25.0. The molecule has 2 N–H and O–H groups in total. The topological polar surface area (TPSA) is 58.2 Å². The van der Waals surface area contributed by atoms with Gasteiger partial charge in [-0.1, -0.05) is 0 Å². The third-order valence-electron chi connectivity index (χ3n) is 1.99. The number of amides is 2. The molecule has 0 aromatic carbocycles. The maximum atomic E-state index is 11.5. The van der Waals surface area contributed by atoms with Gasteiger partial charge in [0, 0.05) is 9.75 Å². The summed E-state index contributed by atoms with van der Waals surface area (Å²) in [6.07, 6.45) is 1.56. The fourth-order valence-corrected chi connectivity index (χ4v) is 2.29. The van der Waals surface area contributed by atoms with E-state index >= 15 is 0 Å². The van der Waals surface area contributed by atoms with Crippen molar-refractivity contribution in [3.8, 4) is 0 Å². The minimum absolute atomic E-state index is 0.0505. The quantitative estimate of drug-likeness (QED) is 0.445. The highest BCUT2D eigenvalue weighted by Gasteiger charge is 2.25. The second kappa shape index (κ2) is 4.15. The van der Waals surface area contributed by atoms with Crippen molar-refractivity contribution in [1.29, 1.82) is 0 Å². The summed E-state index contributed by atoms with van der Waals surface area (Å²) in [5.41, 5.74) is 0.0791. The molecule has 0 aliphatic carbocycles. The van der Waals surface area contributed by atoms with Gasteiger partial charge in [-0.2, -0.15) is 0 Å². The van der Waals surface area contributed by atoms with Crippen LogP contribution >= 0.6 is 23.6 Å². The molecule has 1 fully saturated rings. The van der Waals surface area contributed by atoms with Gasteiger partial charge in [-0.05, 0) is 37.4 Å². The van der Waals surface area contributed by atoms with Gasteiger partial charge in [0.15, 0.2) is 5.11 Å². The summed E-state index contributed by atoms with van der Waals surface area (Å²) in [5.74, 6) is -0.917. The standard InChI is InChI=1S/C10H8N2O2S2/c1-5-2-3-6(16-5)4-7-8(13)11-10(15)12-9(7)14/h2-4H,1H3,(H2,11,12,13,14,15). The van der Waals surface area contributed by atoms with Crippen LogP contribution in [0.3, 0.4) is 0 Å². The molecule has 2 amide bonds. The van der Waals surface area contributed by atoms with Crippen LogP contribution in [0.2, 0.25) is 0 Å². The molecular formula is C10H8N2O2S2. The molecule has 0 bridgehead atoms. The van der Waals surface area contributed by atoms with Gasteiger partial charge < -0.3 is 0 Å². The first-order valence-corrected chi connectivity index (χ1v) is 5.73. The van der Waals surface area contributed by atoms with E-state index in [2.05, 4.69) is 10.6 Å². The van der Waals surface area contributed by atoms with Gasteiger partial charge in [-0.15, -0.1) is 11.3 Å². The molecule has 1 aliphatic rings. The zero-order chi connectivity index (χ0) is 11.7. The molecule has 1 aliphatic heterocycles. The highest BCUT2D eigenvalue weighted by molar-refractivity contribution is 7.80. The molecule has 2 heterocycles. The Morgan fingerprint density at radius 1 is 1.25 bits per heavy atom. The summed E-state index contributed by atoms with van der Waals surface area (Å²) in [6, 6.07) is 3.79. The van der Waals surface area contributed by atoms with Crippen LogP contribution < -0.4 is 10.6 Å². The molecule has 16 heavy (non-hydrogen) atoms. The molecule has 1 aromatic rings. The molecule has 0 atom stereocenters. The lowest BCUT2D eigenvalue weighted by molar-refractivity contribution is -0.123. The highest BCUT2D eigenvalue weighted by Crippen LogP contribution is 2.19. The van der Waals surface area contributed by atoms with Gasteiger partial charge in [0.2, 0.25) is 0 Å². The first-order valence-electron chi connectivity index (χ1n) is 4.51.